The molecule has 5 heteroatoms. The van der Waals surface area contributed by atoms with Gasteiger partial charge in [0.25, 0.3) is 5.56 Å². The standard InChI is InChI=1S/C13H23N3O2/c1-5-15(8-6-10-17)11-12(18)16(9-7-14-11)13(2,3)4/h7,9,17H,5-6,8,10H2,1-4H3. The molecule has 0 aliphatic heterocycles. The molecule has 0 spiro atoms. The summed E-state index contributed by atoms with van der Waals surface area (Å²) < 4.78 is 1.69. The predicted octanol–water partition coefficient (Wildman–Crippen LogP) is 1.21. The molecule has 0 aliphatic rings. The van der Waals surface area contributed by atoms with Gasteiger partial charge in [-0.2, -0.15) is 0 Å². The van der Waals surface area contributed by atoms with Crippen molar-refractivity contribution in [3.8, 4) is 0 Å². The maximum Gasteiger partial charge on any atom is 0.293 e. The zero-order chi connectivity index (χ0) is 13.8. The van der Waals surface area contributed by atoms with Crippen LogP contribution in [0.15, 0.2) is 17.2 Å². The number of nitrogens with zero attached hydrogens (tertiary/aromatic N) is 3. The lowest BCUT2D eigenvalue weighted by molar-refractivity contribution is 0.289. The third-order valence-corrected chi connectivity index (χ3v) is 2.81. The highest BCUT2D eigenvalue weighted by Crippen LogP contribution is 2.12. The highest BCUT2D eigenvalue weighted by atomic mass is 16.3. The van der Waals surface area contributed by atoms with Gasteiger partial charge < -0.3 is 14.6 Å². The molecule has 1 aromatic heterocycles. The second kappa shape index (κ2) is 6.00. The average molecular weight is 253 g/mol. The molecule has 0 unspecified atom stereocenters. The first-order valence-electron chi connectivity index (χ1n) is 6.35. The van der Waals surface area contributed by atoms with E-state index in [0.29, 0.717) is 25.3 Å². The molecule has 1 heterocycles. The SMILES string of the molecule is CCN(CCCO)c1nccn(C(C)(C)C)c1=O. The van der Waals surface area contributed by atoms with E-state index < -0.39 is 0 Å². The molecule has 0 aromatic carbocycles. The Labute approximate surface area is 108 Å². The second-order valence-electron chi connectivity index (χ2n) is 5.25. The molecule has 1 aromatic rings. The first-order chi connectivity index (χ1) is 8.41. The highest BCUT2D eigenvalue weighted by Gasteiger charge is 2.18. The fraction of sp³-hybridized carbons (Fsp3) is 0.692. The van der Waals surface area contributed by atoms with Crippen LogP contribution in [0.4, 0.5) is 5.82 Å². The van der Waals surface area contributed by atoms with Crippen LogP contribution in [0.2, 0.25) is 0 Å². The number of hydrogen-bond donors (Lipinski definition) is 1. The molecule has 5 nitrogen and oxygen atoms in total. The van der Waals surface area contributed by atoms with Crippen molar-refractivity contribution < 1.29 is 5.11 Å². The van der Waals surface area contributed by atoms with Gasteiger partial charge in [0, 0.05) is 37.6 Å². The van der Waals surface area contributed by atoms with Crippen LogP contribution in [-0.2, 0) is 5.54 Å². The Morgan fingerprint density at radius 2 is 2.11 bits per heavy atom. The summed E-state index contributed by atoms with van der Waals surface area (Å²) in [5, 5.41) is 8.88. The monoisotopic (exact) mass is 253 g/mol. The lowest BCUT2D eigenvalue weighted by Crippen LogP contribution is -2.39. The first-order valence-corrected chi connectivity index (χ1v) is 6.35. The van der Waals surface area contributed by atoms with E-state index >= 15 is 0 Å². The Morgan fingerprint density at radius 3 is 2.61 bits per heavy atom. The van der Waals surface area contributed by atoms with Crippen molar-refractivity contribution in [2.24, 2.45) is 0 Å². The van der Waals surface area contributed by atoms with E-state index in [4.69, 9.17) is 5.11 Å². The van der Waals surface area contributed by atoms with Crippen LogP contribution in [-0.4, -0.2) is 34.4 Å². The summed E-state index contributed by atoms with van der Waals surface area (Å²) in [7, 11) is 0. The van der Waals surface area contributed by atoms with E-state index in [1.54, 1.807) is 17.0 Å². The van der Waals surface area contributed by atoms with E-state index in [1.807, 2.05) is 32.6 Å². The maximum absolute atomic E-state index is 12.4. The van der Waals surface area contributed by atoms with Crippen LogP contribution in [0.1, 0.15) is 34.1 Å². The van der Waals surface area contributed by atoms with Gasteiger partial charge in [0.05, 0.1) is 0 Å². The quantitative estimate of drug-likeness (QED) is 0.857. The van der Waals surface area contributed by atoms with Gasteiger partial charge in [-0.05, 0) is 34.1 Å². The maximum atomic E-state index is 12.4. The Balaban J connectivity index is 3.13. The lowest BCUT2D eigenvalue weighted by Gasteiger charge is -2.26. The van der Waals surface area contributed by atoms with Gasteiger partial charge in [0.2, 0.25) is 0 Å². The van der Waals surface area contributed by atoms with Gasteiger partial charge in [-0.25, -0.2) is 4.98 Å². The molecule has 0 saturated heterocycles. The fourth-order valence-corrected chi connectivity index (χ4v) is 1.82. The van der Waals surface area contributed by atoms with Gasteiger partial charge in [-0.3, -0.25) is 4.79 Å². The van der Waals surface area contributed by atoms with Gasteiger partial charge in [0.15, 0.2) is 5.82 Å². The molecule has 0 saturated carbocycles. The molecule has 0 atom stereocenters. The molecule has 0 bridgehead atoms. The van der Waals surface area contributed by atoms with E-state index in [2.05, 4.69) is 4.98 Å². The van der Waals surface area contributed by atoms with E-state index in [9.17, 15) is 4.79 Å². The number of rotatable bonds is 5. The third kappa shape index (κ3) is 3.32. The van der Waals surface area contributed by atoms with Crippen molar-refractivity contribution in [2.45, 2.75) is 39.7 Å². The molecule has 0 aliphatic carbocycles. The molecule has 18 heavy (non-hydrogen) atoms. The molecule has 102 valence electrons. The minimum absolute atomic E-state index is 0.0789. The van der Waals surface area contributed by atoms with E-state index in [0.717, 1.165) is 0 Å². The Morgan fingerprint density at radius 1 is 1.44 bits per heavy atom. The van der Waals surface area contributed by atoms with Crippen LogP contribution < -0.4 is 10.5 Å². The summed E-state index contributed by atoms with van der Waals surface area (Å²) in [6.07, 6.45) is 4.01. The summed E-state index contributed by atoms with van der Waals surface area (Å²) in [5.74, 6) is 0.461. The number of aliphatic hydroxyl groups is 1. The van der Waals surface area contributed by atoms with Crippen LogP contribution in [0.3, 0.4) is 0 Å². The summed E-state index contributed by atoms with van der Waals surface area (Å²) >= 11 is 0. The zero-order valence-corrected chi connectivity index (χ0v) is 11.7. The number of aliphatic hydroxyl groups excluding tert-OH is 1. The summed E-state index contributed by atoms with van der Waals surface area (Å²) in [4.78, 5) is 18.5. The van der Waals surface area contributed by atoms with Crippen LogP contribution in [0.5, 0.6) is 0 Å². The minimum atomic E-state index is -0.259. The normalized spacial score (nSPS) is 11.6. The van der Waals surface area contributed by atoms with Gasteiger partial charge in [0.1, 0.15) is 0 Å². The zero-order valence-electron chi connectivity index (χ0n) is 11.7. The summed E-state index contributed by atoms with van der Waals surface area (Å²) in [6, 6.07) is 0. The van der Waals surface area contributed by atoms with Crippen molar-refractivity contribution in [3.63, 3.8) is 0 Å². The average Bonchev–Trinajstić information content (AvgIpc) is 2.30. The number of hydrogen-bond acceptors (Lipinski definition) is 4. The molecular formula is C13H23N3O2. The summed E-state index contributed by atoms with van der Waals surface area (Å²) in [6.45, 7) is 9.41. The van der Waals surface area contributed by atoms with Gasteiger partial charge >= 0.3 is 0 Å². The fourth-order valence-electron chi connectivity index (χ4n) is 1.82. The molecular weight excluding hydrogens is 230 g/mol. The van der Waals surface area contributed by atoms with Crippen molar-refractivity contribution in [2.75, 3.05) is 24.6 Å². The molecule has 1 N–H and O–H groups in total. The number of aromatic nitrogens is 2. The first kappa shape index (κ1) is 14.7. The van der Waals surface area contributed by atoms with Crippen molar-refractivity contribution in [1.29, 1.82) is 0 Å². The Hall–Kier alpha value is -1.36. The highest BCUT2D eigenvalue weighted by molar-refractivity contribution is 5.35. The molecule has 0 fully saturated rings. The van der Waals surface area contributed by atoms with Crippen LogP contribution >= 0.6 is 0 Å². The van der Waals surface area contributed by atoms with Gasteiger partial charge in [-0.15, -0.1) is 0 Å². The van der Waals surface area contributed by atoms with E-state index in [-0.39, 0.29) is 17.7 Å². The molecule has 0 amide bonds. The summed E-state index contributed by atoms with van der Waals surface area (Å²) in [5.41, 5.74) is -0.338. The van der Waals surface area contributed by atoms with Crippen molar-refractivity contribution in [1.82, 2.24) is 9.55 Å². The van der Waals surface area contributed by atoms with Crippen LogP contribution in [0, 0.1) is 0 Å². The largest absolute Gasteiger partial charge is 0.396 e. The smallest absolute Gasteiger partial charge is 0.293 e. The molecule has 0 radical (unpaired) electrons. The van der Waals surface area contributed by atoms with Crippen molar-refractivity contribution in [3.05, 3.63) is 22.7 Å². The predicted molar refractivity (Wildman–Crippen MR) is 73.1 cm³/mol. The Kier molecular flexibility index (Phi) is 4.90. The topological polar surface area (TPSA) is 58.4 Å². The number of anilines is 1. The van der Waals surface area contributed by atoms with E-state index in [1.165, 1.54) is 0 Å². The Bertz CT molecular complexity index is 435. The third-order valence-electron chi connectivity index (χ3n) is 2.81. The lowest BCUT2D eigenvalue weighted by atomic mass is 10.1. The van der Waals surface area contributed by atoms with Crippen LogP contribution in [0.25, 0.3) is 0 Å². The second-order valence-corrected chi connectivity index (χ2v) is 5.25. The van der Waals surface area contributed by atoms with Crippen molar-refractivity contribution >= 4 is 5.82 Å². The minimum Gasteiger partial charge on any atom is -0.396 e. The van der Waals surface area contributed by atoms with Gasteiger partial charge in [-0.1, -0.05) is 0 Å². The molecule has 1 rings (SSSR count).